The van der Waals surface area contributed by atoms with Crippen LogP contribution >= 0.6 is 0 Å². The first kappa shape index (κ1) is 10.0. The first-order chi connectivity index (χ1) is 5.62. The van der Waals surface area contributed by atoms with E-state index in [0.29, 0.717) is 0 Å². The zero-order chi connectivity index (χ0) is 9.19. The number of aliphatic hydroxyl groups excluding tert-OH is 2. The standard InChI is InChI=1S/C10H20O2/c1-8(2)9(12)10(7-11)5-3-4-6-10/h8-9,11-12H,3-7H2,1-2H3. The summed E-state index contributed by atoms with van der Waals surface area (Å²) in [5.41, 5.74) is -0.172. The Balaban J connectivity index is 2.65. The highest BCUT2D eigenvalue weighted by Gasteiger charge is 2.41. The highest BCUT2D eigenvalue weighted by atomic mass is 16.3. The van der Waals surface area contributed by atoms with E-state index in [0.717, 1.165) is 25.7 Å². The van der Waals surface area contributed by atoms with Crippen molar-refractivity contribution in [1.29, 1.82) is 0 Å². The summed E-state index contributed by atoms with van der Waals surface area (Å²) >= 11 is 0. The van der Waals surface area contributed by atoms with E-state index < -0.39 is 0 Å². The van der Waals surface area contributed by atoms with Crippen molar-refractivity contribution in [3.8, 4) is 0 Å². The van der Waals surface area contributed by atoms with Gasteiger partial charge in [0, 0.05) is 5.41 Å². The summed E-state index contributed by atoms with van der Waals surface area (Å²) < 4.78 is 0. The van der Waals surface area contributed by atoms with Crippen LogP contribution in [-0.2, 0) is 0 Å². The lowest BCUT2D eigenvalue weighted by Crippen LogP contribution is -2.39. The molecule has 0 radical (unpaired) electrons. The second-order valence-electron chi connectivity index (χ2n) is 4.42. The van der Waals surface area contributed by atoms with Gasteiger partial charge in [0.1, 0.15) is 0 Å². The molecule has 2 nitrogen and oxygen atoms in total. The van der Waals surface area contributed by atoms with Gasteiger partial charge in [-0.3, -0.25) is 0 Å². The number of hydrogen-bond acceptors (Lipinski definition) is 2. The van der Waals surface area contributed by atoms with Gasteiger partial charge in [0.15, 0.2) is 0 Å². The van der Waals surface area contributed by atoms with E-state index in [4.69, 9.17) is 0 Å². The van der Waals surface area contributed by atoms with Crippen LogP contribution in [0.2, 0.25) is 0 Å². The summed E-state index contributed by atoms with van der Waals surface area (Å²) in [6.07, 6.45) is 3.96. The third-order valence-electron chi connectivity index (χ3n) is 3.17. The van der Waals surface area contributed by atoms with Crippen molar-refractivity contribution in [3.63, 3.8) is 0 Å². The van der Waals surface area contributed by atoms with Crippen LogP contribution in [0.3, 0.4) is 0 Å². The highest BCUT2D eigenvalue weighted by Crippen LogP contribution is 2.42. The van der Waals surface area contributed by atoms with Crippen LogP contribution in [0.5, 0.6) is 0 Å². The monoisotopic (exact) mass is 172 g/mol. The molecule has 1 aliphatic rings. The predicted octanol–water partition coefficient (Wildman–Crippen LogP) is 1.56. The minimum Gasteiger partial charge on any atom is -0.396 e. The molecule has 1 rings (SSSR count). The topological polar surface area (TPSA) is 40.5 Å². The van der Waals surface area contributed by atoms with Gasteiger partial charge in [0.25, 0.3) is 0 Å². The largest absolute Gasteiger partial charge is 0.396 e. The van der Waals surface area contributed by atoms with Gasteiger partial charge in [-0.25, -0.2) is 0 Å². The molecule has 1 aliphatic carbocycles. The molecule has 0 aromatic rings. The van der Waals surface area contributed by atoms with Crippen molar-refractivity contribution in [3.05, 3.63) is 0 Å². The lowest BCUT2D eigenvalue weighted by Gasteiger charge is -2.34. The van der Waals surface area contributed by atoms with Crippen LogP contribution in [0.25, 0.3) is 0 Å². The van der Waals surface area contributed by atoms with E-state index in [1.807, 2.05) is 13.8 Å². The molecule has 1 atom stereocenters. The maximum absolute atomic E-state index is 9.92. The Hall–Kier alpha value is -0.0800. The molecular formula is C10H20O2. The number of rotatable bonds is 3. The van der Waals surface area contributed by atoms with Crippen molar-refractivity contribution >= 4 is 0 Å². The van der Waals surface area contributed by atoms with Gasteiger partial charge in [0.05, 0.1) is 12.7 Å². The lowest BCUT2D eigenvalue weighted by atomic mass is 9.76. The Morgan fingerprint density at radius 3 is 2.08 bits per heavy atom. The molecule has 2 heteroatoms. The Bertz CT molecular complexity index is 137. The summed E-state index contributed by atoms with van der Waals surface area (Å²) in [6, 6.07) is 0. The summed E-state index contributed by atoms with van der Waals surface area (Å²) in [4.78, 5) is 0. The minimum absolute atomic E-state index is 0.145. The van der Waals surface area contributed by atoms with Gasteiger partial charge >= 0.3 is 0 Å². The molecule has 0 aromatic heterocycles. The van der Waals surface area contributed by atoms with Crippen LogP contribution < -0.4 is 0 Å². The van der Waals surface area contributed by atoms with Crippen molar-refractivity contribution in [2.75, 3.05) is 6.61 Å². The molecule has 12 heavy (non-hydrogen) atoms. The molecule has 0 aromatic carbocycles. The second-order valence-corrected chi connectivity index (χ2v) is 4.42. The van der Waals surface area contributed by atoms with Gasteiger partial charge in [-0.05, 0) is 18.8 Å². The van der Waals surface area contributed by atoms with Crippen molar-refractivity contribution < 1.29 is 10.2 Å². The molecule has 0 amide bonds. The molecule has 72 valence electrons. The average molecular weight is 172 g/mol. The molecule has 0 spiro atoms. The third kappa shape index (κ3) is 1.64. The van der Waals surface area contributed by atoms with Crippen molar-refractivity contribution in [2.45, 2.75) is 45.6 Å². The van der Waals surface area contributed by atoms with Crippen molar-refractivity contribution in [2.24, 2.45) is 11.3 Å². The maximum Gasteiger partial charge on any atom is 0.0641 e. The Morgan fingerprint density at radius 2 is 1.75 bits per heavy atom. The first-order valence-corrected chi connectivity index (χ1v) is 4.91. The van der Waals surface area contributed by atoms with Gasteiger partial charge in [0.2, 0.25) is 0 Å². The van der Waals surface area contributed by atoms with Gasteiger partial charge in [-0.15, -0.1) is 0 Å². The van der Waals surface area contributed by atoms with Crippen LogP contribution in [0.15, 0.2) is 0 Å². The zero-order valence-electron chi connectivity index (χ0n) is 8.08. The zero-order valence-corrected chi connectivity index (χ0v) is 8.08. The molecule has 0 heterocycles. The fraction of sp³-hybridized carbons (Fsp3) is 1.00. The van der Waals surface area contributed by atoms with Crippen LogP contribution in [0.1, 0.15) is 39.5 Å². The fourth-order valence-electron chi connectivity index (χ4n) is 2.33. The number of hydrogen-bond donors (Lipinski definition) is 2. The quantitative estimate of drug-likeness (QED) is 0.678. The Kier molecular flexibility index (Phi) is 3.13. The van der Waals surface area contributed by atoms with Crippen LogP contribution in [0, 0.1) is 11.3 Å². The van der Waals surface area contributed by atoms with E-state index in [9.17, 15) is 10.2 Å². The Morgan fingerprint density at radius 1 is 1.25 bits per heavy atom. The Labute approximate surface area is 74.6 Å². The summed E-state index contributed by atoms with van der Waals surface area (Å²) in [6.45, 7) is 4.17. The third-order valence-corrected chi connectivity index (χ3v) is 3.17. The van der Waals surface area contributed by atoms with E-state index in [1.54, 1.807) is 0 Å². The lowest BCUT2D eigenvalue weighted by molar-refractivity contribution is -0.0395. The normalized spacial score (nSPS) is 24.8. The average Bonchev–Trinajstić information content (AvgIpc) is 2.52. The smallest absolute Gasteiger partial charge is 0.0641 e. The molecule has 1 fully saturated rings. The molecule has 1 unspecified atom stereocenters. The van der Waals surface area contributed by atoms with E-state index in [2.05, 4.69) is 0 Å². The first-order valence-electron chi connectivity index (χ1n) is 4.91. The molecule has 2 N–H and O–H groups in total. The molecular weight excluding hydrogens is 152 g/mol. The summed E-state index contributed by atoms with van der Waals surface area (Å²) in [5.74, 6) is 0.259. The minimum atomic E-state index is -0.329. The van der Waals surface area contributed by atoms with Crippen LogP contribution in [-0.4, -0.2) is 22.9 Å². The SMILES string of the molecule is CC(C)C(O)C1(CO)CCCC1. The second kappa shape index (κ2) is 3.75. The predicted molar refractivity (Wildman–Crippen MR) is 48.8 cm³/mol. The van der Waals surface area contributed by atoms with E-state index in [1.165, 1.54) is 0 Å². The summed E-state index contributed by atoms with van der Waals surface area (Å²) in [7, 11) is 0. The maximum atomic E-state index is 9.92. The summed E-state index contributed by atoms with van der Waals surface area (Å²) in [5, 5.41) is 19.2. The van der Waals surface area contributed by atoms with Crippen LogP contribution in [0.4, 0.5) is 0 Å². The van der Waals surface area contributed by atoms with Gasteiger partial charge < -0.3 is 10.2 Å². The number of aliphatic hydroxyl groups is 2. The van der Waals surface area contributed by atoms with E-state index >= 15 is 0 Å². The van der Waals surface area contributed by atoms with Gasteiger partial charge in [-0.2, -0.15) is 0 Å². The molecule has 0 bridgehead atoms. The highest BCUT2D eigenvalue weighted by molar-refractivity contribution is 4.91. The van der Waals surface area contributed by atoms with Gasteiger partial charge in [-0.1, -0.05) is 26.7 Å². The molecule has 1 saturated carbocycles. The van der Waals surface area contributed by atoms with E-state index in [-0.39, 0.29) is 24.0 Å². The molecule has 0 saturated heterocycles. The molecule has 0 aliphatic heterocycles. The fourth-order valence-corrected chi connectivity index (χ4v) is 2.33. The van der Waals surface area contributed by atoms with Crippen molar-refractivity contribution in [1.82, 2.24) is 0 Å².